The normalized spacial score (nSPS) is 13.6. The van der Waals surface area contributed by atoms with Crippen LogP contribution in [0, 0.1) is 10.1 Å². The maximum Gasteiger partial charge on any atom is 0.294 e. The van der Waals surface area contributed by atoms with E-state index in [1.165, 1.54) is 35.3 Å². The van der Waals surface area contributed by atoms with E-state index in [1.54, 1.807) is 24.4 Å². The molecule has 0 atom stereocenters. The average molecular weight is 441 g/mol. The van der Waals surface area contributed by atoms with Crippen molar-refractivity contribution in [3.8, 4) is 5.69 Å². The number of imidazole rings is 1. The predicted octanol–water partition coefficient (Wildman–Crippen LogP) is 2.62. The maximum atomic E-state index is 12.7. The van der Waals surface area contributed by atoms with Crippen molar-refractivity contribution in [2.45, 2.75) is 0 Å². The zero-order chi connectivity index (χ0) is 22.0. The van der Waals surface area contributed by atoms with Gasteiger partial charge in [-0.1, -0.05) is 11.6 Å². The van der Waals surface area contributed by atoms with Crippen LogP contribution < -0.4 is 15.5 Å². The molecule has 1 aromatic heterocycles. The van der Waals surface area contributed by atoms with Crippen LogP contribution in [0.25, 0.3) is 5.69 Å². The summed E-state index contributed by atoms with van der Waals surface area (Å²) >= 11 is 6.36. The average Bonchev–Trinajstić information content (AvgIpc) is 3.28. The molecule has 0 spiro atoms. The lowest BCUT2D eigenvalue weighted by atomic mass is 10.1. The van der Waals surface area contributed by atoms with Crippen molar-refractivity contribution < 1.29 is 14.5 Å². The SMILES string of the molecule is O=C1CN(c2ccc(NC(=O)c3ccc(-n4ccnc4)c([N+](=O)[O-])c3)cc2Cl)CCN1. The Morgan fingerprint density at radius 2 is 2.03 bits per heavy atom. The highest BCUT2D eigenvalue weighted by Gasteiger charge is 2.21. The smallest absolute Gasteiger partial charge is 0.294 e. The first-order valence-corrected chi connectivity index (χ1v) is 9.69. The molecule has 2 aromatic carbocycles. The Morgan fingerprint density at radius 3 is 2.71 bits per heavy atom. The standard InChI is InChI=1S/C20H17ClN6O4/c21-15-10-14(2-4-16(15)25-8-6-23-19(28)11-25)24-20(29)13-1-3-17(18(9-13)27(30)31)26-7-5-22-12-26/h1-5,7,9-10,12H,6,8,11H2,(H,23,28)(H,24,29). The predicted molar refractivity (Wildman–Crippen MR) is 115 cm³/mol. The Balaban J connectivity index is 1.54. The van der Waals surface area contributed by atoms with Gasteiger partial charge in [-0.05, 0) is 30.3 Å². The van der Waals surface area contributed by atoms with Crippen LogP contribution in [-0.2, 0) is 4.79 Å². The molecule has 0 aliphatic carbocycles. The van der Waals surface area contributed by atoms with Crippen LogP contribution in [0.15, 0.2) is 55.1 Å². The Labute approximate surface area is 181 Å². The van der Waals surface area contributed by atoms with Crippen molar-refractivity contribution in [2.75, 3.05) is 29.9 Å². The zero-order valence-electron chi connectivity index (χ0n) is 16.1. The number of nitro benzene ring substituents is 1. The number of nitrogens with zero attached hydrogens (tertiary/aromatic N) is 4. The largest absolute Gasteiger partial charge is 0.359 e. The van der Waals surface area contributed by atoms with Crippen molar-refractivity contribution in [1.29, 1.82) is 0 Å². The molecular weight excluding hydrogens is 424 g/mol. The number of rotatable bonds is 5. The van der Waals surface area contributed by atoms with Gasteiger partial charge >= 0.3 is 0 Å². The summed E-state index contributed by atoms with van der Waals surface area (Å²) in [7, 11) is 0. The summed E-state index contributed by atoms with van der Waals surface area (Å²) in [5, 5.41) is 17.3. The van der Waals surface area contributed by atoms with Gasteiger partial charge in [0.25, 0.3) is 11.6 Å². The molecule has 3 aromatic rings. The number of aromatic nitrogens is 2. The summed E-state index contributed by atoms with van der Waals surface area (Å²) in [5.74, 6) is -0.595. The monoisotopic (exact) mass is 440 g/mol. The van der Waals surface area contributed by atoms with Crippen molar-refractivity contribution in [1.82, 2.24) is 14.9 Å². The molecule has 0 bridgehead atoms. The summed E-state index contributed by atoms with van der Waals surface area (Å²) in [6, 6.07) is 9.18. The highest BCUT2D eigenvalue weighted by Crippen LogP contribution is 2.30. The Bertz CT molecular complexity index is 1160. The molecule has 0 radical (unpaired) electrons. The highest BCUT2D eigenvalue weighted by atomic mass is 35.5. The lowest BCUT2D eigenvalue weighted by Gasteiger charge is -2.29. The van der Waals surface area contributed by atoms with E-state index < -0.39 is 10.8 Å². The molecule has 1 aliphatic rings. The third-order valence-electron chi connectivity index (χ3n) is 4.80. The van der Waals surface area contributed by atoms with E-state index in [9.17, 15) is 19.7 Å². The fraction of sp³-hybridized carbons (Fsp3) is 0.150. The van der Waals surface area contributed by atoms with E-state index in [2.05, 4.69) is 15.6 Å². The second-order valence-electron chi connectivity index (χ2n) is 6.82. The molecule has 2 heterocycles. The Morgan fingerprint density at radius 1 is 1.23 bits per heavy atom. The van der Waals surface area contributed by atoms with E-state index in [-0.39, 0.29) is 23.7 Å². The first-order valence-electron chi connectivity index (χ1n) is 9.31. The molecule has 31 heavy (non-hydrogen) atoms. The van der Waals surface area contributed by atoms with Gasteiger partial charge in [-0.15, -0.1) is 0 Å². The van der Waals surface area contributed by atoms with Crippen molar-refractivity contribution in [2.24, 2.45) is 0 Å². The number of nitrogens with one attached hydrogen (secondary N) is 2. The van der Waals surface area contributed by atoms with Crippen LogP contribution in [-0.4, -0.2) is 45.9 Å². The summed E-state index contributed by atoms with van der Waals surface area (Å²) in [6.45, 7) is 1.37. The molecule has 2 amide bonds. The van der Waals surface area contributed by atoms with Gasteiger partial charge in [-0.3, -0.25) is 19.7 Å². The number of hydrogen-bond donors (Lipinski definition) is 2. The van der Waals surface area contributed by atoms with Crippen molar-refractivity contribution in [3.63, 3.8) is 0 Å². The molecule has 0 saturated carbocycles. The van der Waals surface area contributed by atoms with Gasteiger partial charge < -0.3 is 20.1 Å². The summed E-state index contributed by atoms with van der Waals surface area (Å²) < 4.78 is 1.50. The number of carbonyl (C=O) groups is 2. The van der Waals surface area contributed by atoms with Gasteiger partial charge in [0.05, 0.1) is 28.5 Å². The van der Waals surface area contributed by atoms with E-state index in [0.29, 0.717) is 35.2 Å². The topological polar surface area (TPSA) is 122 Å². The number of piperazine rings is 1. The second-order valence-corrected chi connectivity index (χ2v) is 7.23. The quantitative estimate of drug-likeness (QED) is 0.464. The minimum atomic E-state index is -0.549. The first-order chi connectivity index (χ1) is 14.9. The molecule has 2 N–H and O–H groups in total. The Kier molecular flexibility index (Phi) is 5.54. The van der Waals surface area contributed by atoms with Crippen LogP contribution in [0.5, 0.6) is 0 Å². The van der Waals surface area contributed by atoms with E-state index in [1.807, 2.05) is 4.90 Å². The molecule has 1 fully saturated rings. The summed E-state index contributed by atoms with van der Waals surface area (Å²) in [5.41, 5.74) is 1.33. The van der Waals surface area contributed by atoms with Crippen LogP contribution in [0.4, 0.5) is 17.1 Å². The van der Waals surface area contributed by atoms with Gasteiger partial charge in [-0.25, -0.2) is 4.98 Å². The van der Waals surface area contributed by atoms with E-state index >= 15 is 0 Å². The second kappa shape index (κ2) is 8.44. The number of anilines is 2. The zero-order valence-corrected chi connectivity index (χ0v) is 16.9. The van der Waals surface area contributed by atoms with Gasteiger partial charge in [0.15, 0.2) is 0 Å². The van der Waals surface area contributed by atoms with Crippen LogP contribution >= 0.6 is 11.6 Å². The molecule has 158 valence electrons. The van der Waals surface area contributed by atoms with Gasteiger partial charge in [0.1, 0.15) is 5.69 Å². The van der Waals surface area contributed by atoms with Crippen LogP contribution in [0.3, 0.4) is 0 Å². The molecular formula is C20H17ClN6O4. The van der Waals surface area contributed by atoms with Gasteiger partial charge in [0.2, 0.25) is 5.91 Å². The third-order valence-corrected chi connectivity index (χ3v) is 5.10. The Hall–Kier alpha value is -3.92. The lowest BCUT2D eigenvalue weighted by Crippen LogP contribution is -2.47. The fourth-order valence-corrected chi connectivity index (χ4v) is 3.62. The number of carbonyl (C=O) groups excluding carboxylic acids is 2. The fourth-order valence-electron chi connectivity index (χ4n) is 3.32. The van der Waals surface area contributed by atoms with Gasteiger partial charge in [0, 0.05) is 42.8 Å². The van der Waals surface area contributed by atoms with Crippen molar-refractivity contribution in [3.05, 3.63) is 75.8 Å². The molecule has 10 nitrogen and oxygen atoms in total. The van der Waals surface area contributed by atoms with E-state index in [4.69, 9.17) is 11.6 Å². The number of halogens is 1. The number of hydrogen-bond acceptors (Lipinski definition) is 6. The lowest BCUT2D eigenvalue weighted by molar-refractivity contribution is -0.384. The van der Waals surface area contributed by atoms with Crippen molar-refractivity contribution >= 4 is 40.5 Å². The minimum Gasteiger partial charge on any atom is -0.359 e. The van der Waals surface area contributed by atoms with E-state index in [0.717, 1.165) is 0 Å². The number of benzene rings is 2. The molecule has 4 rings (SSSR count). The summed E-state index contributed by atoms with van der Waals surface area (Å²) in [4.78, 5) is 41.0. The summed E-state index contributed by atoms with van der Waals surface area (Å²) in [6.07, 6.45) is 4.53. The molecule has 1 aliphatic heterocycles. The molecule has 11 heteroatoms. The van der Waals surface area contributed by atoms with Gasteiger partial charge in [-0.2, -0.15) is 0 Å². The highest BCUT2D eigenvalue weighted by molar-refractivity contribution is 6.33. The maximum absolute atomic E-state index is 12.7. The third kappa shape index (κ3) is 4.33. The molecule has 1 saturated heterocycles. The van der Waals surface area contributed by atoms with Crippen LogP contribution in [0.2, 0.25) is 5.02 Å². The van der Waals surface area contributed by atoms with Crippen LogP contribution in [0.1, 0.15) is 10.4 Å². The molecule has 0 unspecified atom stereocenters. The number of amides is 2. The number of nitro groups is 1. The minimum absolute atomic E-state index is 0.0829. The first kappa shape index (κ1) is 20.4.